The number of hydrogen-bond donors (Lipinski definition) is 0. The third-order valence-electron chi connectivity index (χ3n) is 5.70. The maximum absolute atomic E-state index is 13.4. The van der Waals surface area contributed by atoms with Gasteiger partial charge in [-0.25, -0.2) is 13.4 Å². The fourth-order valence-corrected chi connectivity index (χ4v) is 6.71. The lowest BCUT2D eigenvalue weighted by molar-refractivity contribution is 0.391. The molecule has 0 aliphatic carbocycles. The minimum absolute atomic E-state index is 0.186. The van der Waals surface area contributed by atoms with Crippen molar-refractivity contribution in [2.45, 2.75) is 23.0 Å². The molecule has 0 bridgehead atoms. The van der Waals surface area contributed by atoms with Gasteiger partial charge in [-0.2, -0.15) is 0 Å². The van der Waals surface area contributed by atoms with Gasteiger partial charge >= 0.3 is 0 Å². The van der Waals surface area contributed by atoms with E-state index in [0.717, 1.165) is 22.1 Å². The molecule has 0 amide bonds. The molecule has 2 aromatic carbocycles. The lowest BCUT2D eigenvalue weighted by atomic mass is 10.1. The summed E-state index contributed by atoms with van der Waals surface area (Å²) < 4.78 is 42.7. The van der Waals surface area contributed by atoms with E-state index in [1.807, 2.05) is 29.6 Å². The summed E-state index contributed by atoms with van der Waals surface area (Å²) >= 11 is 1.56. The number of piperidine rings is 1. The minimum Gasteiger partial charge on any atom is -0.497 e. The Morgan fingerprint density at radius 3 is 2.38 bits per heavy atom. The zero-order valence-electron chi connectivity index (χ0n) is 18.3. The predicted octanol–water partition coefficient (Wildman–Crippen LogP) is 4.28. The number of methoxy groups -OCH3 is 3. The predicted molar refractivity (Wildman–Crippen MR) is 126 cm³/mol. The molecule has 1 saturated heterocycles. The second-order valence-corrected chi connectivity index (χ2v) is 10.5. The molecule has 1 aliphatic heterocycles. The van der Waals surface area contributed by atoms with Gasteiger partial charge in [0.1, 0.15) is 22.1 Å². The molecule has 9 heteroatoms. The van der Waals surface area contributed by atoms with Crippen LogP contribution in [0.5, 0.6) is 17.2 Å². The summed E-state index contributed by atoms with van der Waals surface area (Å²) in [6.45, 7) is 1.24. The van der Waals surface area contributed by atoms with Crippen LogP contribution in [0.2, 0.25) is 0 Å². The van der Waals surface area contributed by atoms with Crippen molar-refractivity contribution in [3.05, 3.63) is 47.8 Å². The van der Waals surface area contributed by atoms with E-state index in [2.05, 4.69) is 4.90 Å². The van der Waals surface area contributed by atoms with Crippen LogP contribution < -0.4 is 19.1 Å². The largest absolute Gasteiger partial charge is 0.497 e. The van der Waals surface area contributed by atoms with Gasteiger partial charge < -0.3 is 19.1 Å². The lowest BCUT2D eigenvalue weighted by Crippen LogP contribution is -2.39. The van der Waals surface area contributed by atoms with Gasteiger partial charge in [-0.1, -0.05) is 12.1 Å². The van der Waals surface area contributed by atoms with Gasteiger partial charge in [0.25, 0.3) is 0 Å². The highest BCUT2D eigenvalue weighted by Crippen LogP contribution is 2.37. The monoisotopic (exact) mass is 474 g/mol. The highest BCUT2D eigenvalue weighted by Gasteiger charge is 2.34. The Balaban J connectivity index is 1.50. The number of sulfone groups is 1. The van der Waals surface area contributed by atoms with E-state index < -0.39 is 15.1 Å². The molecule has 7 nitrogen and oxygen atoms in total. The zero-order valence-corrected chi connectivity index (χ0v) is 19.9. The first kappa shape index (κ1) is 22.4. The van der Waals surface area contributed by atoms with E-state index in [4.69, 9.17) is 19.2 Å². The van der Waals surface area contributed by atoms with Crippen LogP contribution in [0.3, 0.4) is 0 Å². The van der Waals surface area contributed by atoms with Gasteiger partial charge in [-0.05, 0) is 37.1 Å². The van der Waals surface area contributed by atoms with E-state index >= 15 is 0 Å². The first-order valence-electron chi connectivity index (χ1n) is 10.3. The average molecular weight is 475 g/mol. The summed E-state index contributed by atoms with van der Waals surface area (Å²) in [7, 11) is 1.09. The second-order valence-electron chi connectivity index (χ2n) is 7.46. The molecule has 32 heavy (non-hydrogen) atoms. The van der Waals surface area contributed by atoms with Crippen molar-refractivity contribution in [1.82, 2.24) is 4.98 Å². The zero-order chi connectivity index (χ0) is 22.7. The van der Waals surface area contributed by atoms with Gasteiger partial charge in [0.2, 0.25) is 0 Å². The van der Waals surface area contributed by atoms with E-state index in [-0.39, 0.29) is 4.90 Å². The molecule has 0 unspecified atom stereocenters. The smallest absolute Gasteiger partial charge is 0.185 e. The number of hydrogen-bond acceptors (Lipinski definition) is 8. The SMILES string of the molecule is COc1ccc(OC)c(S(=O)(=O)C2CCN(c3nc(-c4ccccc4OC)cs3)CC2)c1. The third kappa shape index (κ3) is 4.27. The Bertz CT molecular complexity index is 1180. The molecule has 0 saturated carbocycles. The van der Waals surface area contributed by atoms with E-state index in [9.17, 15) is 8.42 Å². The van der Waals surface area contributed by atoms with Crippen LogP contribution in [-0.2, 0) is 9.84 Å². The van der Waals surface area contributed by atoms with Gasteiger partial charge in [0.15, 0.2) is 15.0 Å². The molecule has 1 aromatic heterocycles. The fraction of sp³-hybridized carbons (Fsp3) is 0.348. The molecule has 0 spiro atoms. The van der Waals surface area contributed by atoms with Crippen LogP contribution >= 0.6 is 11.3 Å². The van der Waals surface area contributed by atoms with Gasteiger partial charge in [-0.15, -0.1) is 11.3 Å². The number of para-hydroxylation sites is 1. The Morgan fingerprint density at radius 2 is 1.69 bits per heavy atom. The molecular formula is C23H26N2O5S2. The van der Waals surface area contributed by atoms with E-state index in [0.29, 0.717) is 37.4 Å². The van der Waals surface area contributed by atoms with Crippen molar-refractivity contribution >= 4 is 26.3 Å². The molecule has 1 fully saturated rings. The van der Waals surface area contributed by atoms with Crippen LogP contribution in [0.25, 0.3) is 11.3 Å². The standard InChI is InChI=1S/C23H26N2O5S2/c1-28-16-8-9-21(30-3)22(14-16)32(26,27)17-10-12-25(13-11-17)23-24-19(15-31-23)18-6-4-5-7-20(18)29-2/h4-9,14-15,17H,10-13H2,1-3H3. The minimum atomic E-state index is -3.55. The van der Waals surface area contributed by atoms with Gasteiger partial charge in [0, 0.05) is 30.1 Å². The number of ether oxygens (including phenoxy) is 3. The average Bonchev–Trinajstić information content (AvgIpc) is 3.33. The van der Waals surface area contributed by atoms with Crippen LogP contribution in [0, 0.1) is 0 Å². The van der Waals surface area contributed by atoms with Crippen molar-refractivity contribution in [1.29, 1.82) is 0 Å². The molecule has 1 aliphatic rings. The van der Waals surface area contributed by atoms with Crippen LogP contribution in [-0.4, -0.2) is 53.1 Å². The quantitative estimate of drug-likeness (QED) is 0.506. The molecular weight excluding hydrogens is 448 g/mol. The van der Waals surface area contributed by atoms with Crippen LogP contribution in [0.15, 0.2) is 52.7 Å². The van der Waals surface area contributed by atoms with Crippen molar-refractivity contribution in [2.24, 2.45) is 0 Å². The summed E-state index contributed by atoms with van der Waals surface area (Å²) in [5.41, 5.74) is 1.80. The van der Waals surface area contributed by atoms with Crippen molar-refractivity contribution in [3.8, 4) is 28.5 Å². The molecule has 170 valence electrons. The van der Waals surface area contributed by atoms with Gasteiger partial charge in [-0.3, -0.25) is 0 Å². The lowest BCUT2D eigenvalue weighted by Gasteiger charge is -2.31. The van der Waals surface area contributed by atoms with Crippen LogP contribution in [0.4, 0.5) is 5.13 Å². The van der Waals surface area contributed by atoms with Crippen molar-refractivity contribution in [2.75, 3.05) is 39.3 Å². The summed E-state index contributed by atoms with van der Waals surface area (Å²) in [4.78, 5) is 7.12. The van der Waals surface area contributed by atoms with Crippen molar-refractivity contribution < 1.29 is 22.6 Å². The van der Waals surface area contributed by atoms with Crippen LogP contribution in [0.1, 0.15) is 12.8 Å². The second kappa shape index (κ2) is 9.38. The van der Waals surface area contributed by atoms with E-state index in [1.54, 1.807) is 36.6 Å². The maximum atomic E-state index is 13.4. The van der Waals surface area contributed by atoms with E-state index in [1.165, 1.54) is 14.2 Å². The summed E-state index contributed by atoms with van der Waals surface area (Å²) in [6, 6.07) is 12.7. The normalized spacial score (nSPS) is 14.9. The highest BCUT2D eigenvalue weighted by molar-refractivity contribution is 7.92. The number of aromatic nitrogens is 1. The molecule has 0 radical (unpaired) electrons. The number of thiazole rings is 1. The Labute approximate surface area is 192 Å². The summed E-state index contributed by atoms with van der Waals surface area (Å²) in [6.07, 6.45) is 1.04. The number of rotatable bonds is 7. The Hall–Kier alpha value is -2.78. The molecule has 3 aromatic rings. The maximum Gasteiger partial charge on any atom is 0.185 e. The summed E-state index contributed by atoms with van der Waals surface area (Å²) in [5.74, 6) is 1.62. The summed E-state index contributed by atoms with van der Waals surface area (Å²) in [5, 5.41) is 2.42. The topological polar surface area (TPSA) is 78.0 Å². The highest BCUT2D eigenvalue weighted by atomic mass is 32.2. The number of benzene rings is 2. The first-order chi connectivity index (χ1) is 15.5. The molecule has 4 rings (SSSR count). The fourth-order valence-electron chi connectivity index (χ4n) is 3.93. The molecule has 2 heterocycles. The molecule has 0 N–H and O–H groups in total. The Kier molecular flexibility index (Phi) is 6.57. The van der Waals surface area contributed by atoms with Crippen molar-refractivity contribution in [3.63, 3.8) is 0 Å². The first-order valence-corrected chi connectivity index (χ1v) is 12.7. The molecule has 0 atom stereocenters. The number of anilines is 1. The number of nitrogens with zero attached hydrogens (tertiary/aromatic N) is 2. The Morgan fingerprint density at radius 1 is 0.969 bits per heavy atom. The third-order valence-corrected chi connectivity index (χ3v) is 8.89. The van der Waals surface area contributed by atoms with Gasteiger partial charge in [0.05, 0.1) is 32.3 Å².